The largest absolute Gasteiger partial charge is 0.467 e. The molecule has 7 nitrogen and oxygen atoms in total. The number of rotatable bonds is 12. The van der Waals surface area contributed by atoms with Crippen molar-refractivity contribution in [1.29, 1.82) is 0 Å². The van der Waals surface area contributed by atoms with E-state index >= 15 is 0 Å². The average Bonchev–Trinajstić information content (AvgIpc) is 2.96. The molecule has 0 spiro atoms. The van der Waals surface area contributed by atoms with Crippen molar-refractivity contribution in [3.8, 4) is 0 Å². The van der Waals surface area contributed by atoms with Gasteiger partial charge in [0.15, 0.2) is 6.10 Å². The summed E-state index contributed by atoms with van der Waals surface area (Å²) < 4.78 is 30.0. The number of benzene rings is 3. The highest BCUT2D eigenvalue weighted by molar-refractivity contribution is 5.74. The van der Waals surface area contributed by atoms with Crippen LogP contribution in [-0.2, 0) is 48.3 Å². The zero-order valence-corrected chi connectivity index (χ0v) is 21.0. The average molecular weight is 507 g/mol. The number of carbonyl (C=O) groups excluding carboxylic acids is 1. The standard InChI is InChI=1S/C30H34O7/c1-33-30(32)26-17-25(34-19-22-11-5-2-6-12-22)28(36-21-24-15-9-4-10-16-24)29(37-26)27(18-31)35-20-23-13-7-3-8-14-23/h2-16,25-29,31H,17-21H2,1H3/t25-,26+,27-,28-,29-/m1/s1. The summed E-state index contributed by atoms with van der Waals surface area (Å²) in [5.41, 5.74) is 2.95. The molecule has 1 fully saturated rings. The Morgan fingerprint density at radius 1 is 0.838 bits per heavy atom. The molecule has 37 heavy (non-hydrogen) atoms. The molecule has 3 aromatic rings. The predicted octanol–water partition coefficient (Wildman–Crippen LogP) is 4.07. The van der Waals surface area contributed by atoms with Gasteiger partial charge >= 0.3 is 5.97 Å². The van der Waals surface area contributed by atoms with Crippen LogP contribution in [0.1, 0.15) is 23.1 Å². The van der Waals surface area contributed by atoms with Gasteiger partial charge in [-0.05, 0) is 16.7 Å². The molecule has 4 rings (SSSR count). The van der Waals surface area contributed by atoms with Crippen LogP contribution in [0.15, 0.2) is 91.0 Å². The van der Waals surface area contributed by atoms with Crippen molar-refractivity contribution in [2.45, 2.75) is 56.8 Å². The van der Waals surface area contributed by atoms with Gasteiger partial charge in [-0.3, -0.25) is 0 Å². The Morgan fingerprint density at radius 2 is 1.35 bits per heavy atom. The number of hydrogen-bond acceptors (Lipinski definition) is 7. The maximum Gasteiger partial charge on any atom is 0.335 e. The van der Waals surface area contributed by atoms with E-state index in [9.17, 15) is 9.90 Å². The molecule has 0 aliphatic carbocycles. The van der Waals surface area contributed by atoms with Gasteiger partial charge in [0, 0.05) is 6.42 Å². The lowest BCUT2D eigenvalue weighted by Gasteiger charge is -2.43. The highest BCUT2D eigenvalue weighted by Crippen LogP contribution is 2.31. The van der Waals surface area contributed by atoms with E-state index in [2.05, 4.69) is 0 Å². The summed E-state index contributed by atoms with van der Waals surface area (Å²) in [5.74, 6) is -0.500. The highest BCUT2D eigenvalue weighted by Gasteiger charge is 2.47. The summed E-state index contributed by atoms with van der Waals surface area (Å²) in [6.07, 6.45) is -3.24. The summed E-state index contributed by atoms with van der Waals surface area (Å²) in [7, 11) is 1.33. The molecule has 0 radical (unpaired) electrons. The van der Waals surface area contributed by atoms with E-state index in [1.807, 2.05) is 91.0 Å². The molecule has 0 amide bonds. The van der Waals surface area contributed by atoms with Crippen molar-refractivity contribution in [3.63, 3.8) is 0 Å². The molecular weight excluding hydrogens is 472 g/mol. The van der Waals surface area contributed by atoms with Gasteiger partial charge in [0.1, 0.15) is 18.3 Å². The number of aliphatic hydroxyl groups is 1. The van der Waals surface area contributed by atoms with Crippen LogP contribution < -0.4 is 0 Å². The monoisotopic (exact) mass is 506 g/mol. The van der Waals surface area contributed by atoms with Crippen LogP contribution in [0.3, 0.4) is 0 Å². The first kappa shape index (κ1) is 27.0. The molecule has 0 bridgehead atoms. The predicted molar refractivity (Wildman–Crippen MR) is 137 cm³/mol. The number of hydrogen-bond donors (Lipinski definition) is 1. The van der Waals surface area contributed by atoms with Gasteiger partial charge in [-0.25, -0.2) is 4.79 Å². The van der Waals surface area contributed by atoms with Crippen LogP contribution in [0.5, 0.6) is 0 Å². The molecular formula is C30H34O7. The second kappa shape index (κ2) is 14.0. The van der Waals surface area contributed by atoms with Crippen molar-refractivity contribution in [1.82, 2.24) is 0 Å². The molecule has 1 N–H and O–H groups in total. The minimum absolute atomic E-state index is 0.256. The van der Waals surface area contributed by atoms with E-state index in [-0.39, 0.29) is 19.6 Å². The molecule has 196 valence electrons. The van der Waals surface area contributed by atoms with Gasteiger partial charge in [0.2, 0.25) is 0 Å². The van der Waals surface area contributed by atoms with Crippen molar-refractivity contribution in [2.24, 2.45) is 0 Å². The topological polar surface area (TPSA) is 83.5 Å². The minimum Gasteiger partial charge on any atom is -0.467 e. The maximum absolute atomic E-state index is 12.6. The fourth-order valence-corrected chi connectivity index (χ4v) is 4.40. The smallest absolute Gasteiger partial charge is 0.335 e. The van der Waals surface area contributed by atoms with Gasteiger partial charge in [0.05, 0.1) is 39.6 Å². The molecule has 0 saturated carbocycles. The quantitative estimate of drug-likeness (QED) is 0.371. The summed E-state index contributed by atoms with van der Waals surface area (Å²) in [6, 6.07) is 29.3. The fourth-order valence-electron chi connectivity index (χ4n) is 4.40. The van der Waals surface area contributed by atoms with E-state index in [1.165, 1.54) is 7.11 Å². The second-order valence-corrected chi connectivity index (χ2v) is 8.96. The first-order valence-corrected chi connectivity index (χ1v) is 12.5. The summed E-state index contributed by atoms with van der Waals surface area (Å²) in [4.78, 5) is 12.6. The van der Waals surface area contributed by atoms with E-state index in [0.717, 1.165) is 16.7 Å². The third-order valence-electron chi connectivity index (χ3n) is 6.37. The lowest BCUT2D eigenvalue weighted by Crippen LogP contribution is -2.58. The van der Waals surface area contributed by atoms with Gasteiger partial charge < -0.3 is 28.8 Å². The Morgan fingerprint density at radius 3 is 1.86 bits per heavy atom. The van der Waals surface area contributed by atoms with Crippen LogP contribution in [0.2, 0.25) is 0 Å². The fraction of sp³-hybridized carbons (Fsp3) is 0.367. The summed E-state index contributed by atoms with van der Waals surface area (Å²) in [5, 5.41) is 10.3. The number of ether oxygens (including phenoxy) is 5. The van der Waals surface area contributed by atoms with Crippen LogP contribution in [0.25, 0.3) is 0 Å². The van der Waals surface area contributed by atoms with Gasteiger partial charge in [0.25, 0.3) is 0 Å². The molecule has 1 heterocycles. The molecule has 5 atom stereocenters. The lowest BCUT2D eigenvalue weighted by atomic mass is 9.93. The Kier molecular flexibility index (Phi) is 10.2. The Hall–Kier alpha value is -3.07. The van der Waals surface area contributed by atoms with Crippen molar-refractivity contribution >= 4 is 5.97 Å². The minimum atomic E-state index is -0.873. The van der Waals surface area contributed by atoms with Gasteiger partial charge in [-0.1, -0.05) is 91.0 Å². The van der Waals surface area contributed by atoms with Crippen molar-refractivity contribution in [3.05, 3.63) is 108 Å². The summed E-state index contributed by atoms with van der Waals surface area (Å²) >= 11 is 0. The first-order valence-electron chi connectivity index (χ1n) is 12.5. The Labute approximate surface area is 217 Å². The number of aliphatic hydroxyl groups excluding tert-OH is 1. The molecule has 3 aromatic carbocycles. The van der Waals surface area contributed by atoms with E-state index in [4.69, 9.17) is 23.7 Å². The van der Waals surface area contributed by atoms with Crippen LogP contribution in [-0.4, -0.2) is 55.3 Å². The lowest BCUT2D eigenvalue weighted by molar-refractivity contribution is -0.244. The van der Waals surface area contributed by atoms with Gasteiger partial charge in [-0.15, -0.1) is 0 Å². The Bertz CT molecular complexity index is 1060. The van der Waals surface area contributed by atoms with Crippen molar-refractivity contribution < 1.29 is 33.6 Å². The van der Waals surface area contributed by atoms with E-state index < -0.39 is 36.5 Å². The number of esters is 1. The first-order chi connectivity index (χ1) is 18.2. The summed E-state index contributed by atoms with van der Waals surface area (Å²) in [6.45, 7) is 0.611. The molecule has 0 aromatic heterocycles. The SMILES string of the molecule is COC(=O)[C@@H]1C[C@@H](OCc2ccccc2)[C@@H](OCc2ccccc2)[C@@H]([C@@H](CO)OCc2ccccc2)O1. The molecule has 7 heteroatoms. The third kappa shape index (κ3) is 7.71. The third-order valence-corrected chi connectivity index (χ3v) is 6.37. The molecule has 1 aliphatic heterocycles. The second-order valence-electron chi connectivity index (χ2n) is 8.96. The Balaban J connectivity index is 1.57. The maximum atomic E-state index is 12.6. The highest BCUT2D eigenvalue weighted by atomic mass is 16.6. The molecule has 0 unspecified atom stereocenters. The van der Waals surface area contributed by atoms with Crippen LogP contribution in [0, 0.1) is 0 Å². The molecule has 1 saturated heterocycles. The normalized spacial score (nSPS) is 22.3. The number of carbonyl (C=O) groups is 1. The van der Waals surface area contributed by atoms with Gasteiger partial charge in [-0.2, -0.15) is 0 Å². The number of methoxy groups -OCH3 is 1. The zero-order chi connectivity index (χ0) is 25.9. The van der Waals surface area contributed by atoms with Crippen LogP contribution in [0.4, 0.5) is 0 Å². The van der Waals surface area contributed by atoms with Crippen molar-refractivity contribution in [2.75, 3.05) is 13.7 Å². The van der Waals surface area contributed by atoms with E-state index in [1.54, 1.807) is 0 Å². The van der Waals surface area contributed by atoms with E-state index in [0.29, 0.717) is 13.2 Å². The molecule has 1 aliphatic rings. The zero-order valence-electron chi connectivity index (χ0n) is 21.0. The van der Waals surface area contributed by atoms with Crippen LogP contribution >= 0.6 is 0 Å².